The molecule has 0 rings (SSSR count). The molecule has 0 aromatic carbocycles. The molecule has 0 saturated heterocycles. The van der Waals surface area contributed by atoms with Crippen LogP contribution in [0, 0.1) is 11.8 Å². The Labute approximate surface area is 312 Å². The number of ether oxygens (including phenoxy) is 2. The second-order valence-electron chi connectivity index (χ2n) is 9.92. The first-order valence-electron chi connectivity index (χ1n) is 15.0. The Bertz CT molecular complexity index is 1020. The molecular weight excluding hydrogens is 687 g/mol. The minimum absolute atomic E-state index is 0. The molecule has 0 aliphatic heterocycles. The van der Waals surface area contributed by atoms with Crippen LogP contribution in [0.25, 0.3) is 0 Å². The summed E-state index contributed by atoms with van der Waals surface area (Å²) in [6.45, 7) is 11.6. The van der Waals surface area contributed by atoms with Crippen molar-refractivity contribution in [1.82, 2.24) is 0 Å². The first-order chi connectivity index (χ1) is 22.0. The van der Waals surface area contributed by atoms with Crippen LogP contribution in [0.15, 0.2) is 12.2 Å². The van der Waals surface area contributed by atoms with E-state index in [0.717, 1.165) is 72.1 Å². The number of carboxylic acids is 5. The van der Waals surface area contributed by atoms with Gasteiger partial charge in [0.25, 0.3) is 28.0 Å². The molecule has 0 aromatic heterocycles. The van der Waals surface area contributed by atoms with Gasteiger partial charge in [-0.05, 0) is 24.7 Å². The summed E-state index contributed by atoms with van der Waals surface area (Å²) in [5.41, 5.74) is 0. The van der Waals surface area contributed by atoms with Crippen LogP contribution >= 0.6 is 0 Å². The minimum Gasteiger partial charge on any atom is -1.00 e. The maximum atomic E-state index is 12.2. The van der Waals surface area contributed by atoms with Crippen molar-refractivity contribution in [3.8, 4) is 0 Å². The van der Waals surface area contributed by atoms with Crippen LogP contribution in [0.1, 0.15) is 108 Å². The Kier molecular flexibility index (Phi) is 44.8. The van der Waals surface area contributed by atoms with Gasteiger partial charge < -0.3 is 36.4 Å². The Morgan fingerprint density at radius 2 is 0.959 bits per heavy atom. The molecule has 0 aromatic rings. The third-order valence-electron chi connectivity index (χ3n) is 5.37. The van der Waals surface area contributed by atoms with E-state index >= 15 is 0 Å². The molecule has 3 atom stereocenters. The number of esters is 2. The largest absolute Gasteiger partial charge is 1.00 e. The second-order valence-corrected chi connectivity index (χ2v) is 11.5. The van der Waals surface area contributed by atoms with Crippen LogP contribution in [0.2, 0.25) is 0 Å². The van der Waals surface area contributed by atoms with Gasteiger partial charge in [0.05, 0.1) is 19.6 Å². The van der Waals surface area contributed by atoms with E-state index in [-0.39, 0.29) is 56.0 Å². The Hall–Kier alpha value is -3.06. The van der Waals surface area contributed by atoms with Gasteiger partial charge in [0.1, 0.15) is 0 Å². The van der Waals surface area contributed by atoms with E-state index in [2.05, 4.69) is 13.8 Å². The number of hydrogen-bond acceptors (Lipinski definition) is 11. The van der Waals surface area contributed by atoms with Crippen molar-refractivity contribution in [2.75, 3.05) is 13.2 Å². The predicted octanol–water partition coefficient (Wildman–Crippen LogP) is 1.25. The van der Waals surface area contributed by atoms with Gasteiger partial charge in [0, 0.05) is 32.9 Å². The third-order valence-corrected chi connectivity index (χ3v) is 6.45. The Balaban J connectivity index is -0.000000137. The fraction of sp³-hybridized carbons (Fsp3) is 0.700. The Morgan fingerprint density at radius 1 is 0.653 bits per heavy atom. The summed E-state index contributed by atoms with van der Waals surface area (Å²) in [6.07, 6.45) is 7.86. The van der Waals surface area contributed by atoms with Crippen LogP contribution in [0.4, 0.5) is 0 Å². The summed E-state index contributed by atoms with van der Waals surface area (Å²) >= 11 is 0. The summed E-state index contributed by atoms with van der Waals surface area (Å²) in [4.78, 5) is 70.3. The fourth-order valence-electron chi connectivity index (χ4n) is 2.96. The van der Waals surface area contributed by atoms with Crippen molar-refractivity contribution in [2.45, 2.75) is 112 Å². The normalized spacial score (nSPS) is 11.6. The van der Waals surface area contributed by atoms with Crippen molar-refractivity contribution in [1.29, 1.82) is 0 Å². The van der Waals surface area contributed by atoms with Gasteiger partial charge in [-0.2, -0.15) is 8.42 Å². The van der Waals surface area contributed by atoms with E-state index in [9.17, 15) is 32.1 Å². The molecule has 6 N–H and O–H groups in total. The average Bonchev–Trinajstić information content (AvgIpc) is 2.93. The molecular formula is C30H55NaO17S. The van der Waals surface area contributed by atoms with E-state index in [1.165, 1.54) is 0 Å². The van der Waals surface area contributed by atoms with Crippen molar-refractivity contribution in [2.24, 2.45) is 11.8 Å². The van der Waals surface area contributed by atoms with Gasteiger partial charge in [-0.3, -0.25) is 28.5 Å². The second kappa shape index (κ2) is 37.8. The van der Waals surface area contributed by atoms with Gasteiger partial charge in [-0.1, -0.05) is 66.2 Å². The van der Waals surface area contributed by atoms with Gasteiger partial charge in [-0.25, -0.2) is 9.59 Å². The summed E-state index contributed by atoms with van der Waals surface area (Å²) in [6, 6.07) is 0. The van der Waals surface area contributed by atoms with E-state index in [0.29, 0.717) is 12.2 Å². The zero-order valence-electron chi connectivity index (χ0n) is 30.7. The molecule has 0 heterocycles. The number of hydrogen-bond donors (Lipinski definition) is 6. The smallest absolute Gasteiger partial charge is 1.00 e. The molecule has 0 aliphatic carbocycles. The van der Waals surface area contributed by atoms with E-state index in [1.54, 1.807) is 0 Å². The van der Waals surface area contributed by atoms with Crippen LogP contribution in [0.5, 0.6) is 0 Å². The first kappa shape index (κ1) is 58.2. The molecule has 19 heteroatoms. The molecule has 0 aliphatic rings. The van der Waals surface area contributed by atoms with Gasteiger partial charge in [0.2, 0.25) is 0 Å². The number of unbranched alkanes of at least 4 members (excludes halogenated alkanes) is 2. The summed E-state index contributed by atoms with van der Waals surface area (Å²) in [5.74, 6) is -6.62. The monoisotopic (exact) mass is 742 g/mol. The first-order valence-corrected chi connectivity index (χ1v) is 16.5. The average molecular weight is 743 g/mol. The summed E-state index contributed by atoms with van der Waals surface area (Å²) < 4.78 is 42.8. The molecule has 0 amide bonds. The summed E-state index contributed by atoms with van der Waals surface area (Å²) in [7, 11) is -4.76. The third kappa shape index (κ3) is 57.6. The quantitative estimate of drug-likeness (QED) is 0.0498. The number of carbonyl (C=O) groups excluding carboxylic acids is 2. The van der Waals surface area contributed by atoms with Crippen LogP contribution in [0.3, 0.4) is 0 Å². The number of carbonyl (C=O) groups is 7. The molecule has 0 radical (unpaired) electrons. The topological polar surface area (TPSA) is 293 Å². The molecule has 0 fully saturated rings. The Morgan fingerprint density at radius 3 is 1.20 bits per heavy atom. The number of rotatable bonds is 18. The summed E-state index contributed by atoms with van der Waals surface area (Å²) in [5, 5.41) is 35.9. The van der Waals surface area contributed by atoms with Gasteiger partial charge in [0.15, 0.2) is 5.25 Å². The van der Waals surface area contributed by atoms with Crippen LogP contribution in [-0.2, 0) is 53.2 Å². The maximum Gasteiger partial charge on any atom is 1.00 e. The van der Waals surface area contributed by atoms with Crippen LogP contribution < -0.4 is 29.6 Å². The van der Waals surface area contributed by atoms with Gasteiger partial charge >= 0.3 is 53.4 Å². The van der Waals surface area contributed by atoms with Gasteiger partial charge in [-0.15, -0.1) is 0 Å². The minimum atomic E-state index is -4.76. The van der Waals surface area contributed by atoms with Crippen molar-refractivity contribution in [3.05, 3.63) is 12.2 Å². The molecule has 17 nitrogen and oxygen atoms in total. The molecule has 49 heavy (non-hydrogen) atoms. The fourth-order valence-corrected chi connectivity index (χ4v) is 3.62. The molecule has 284 valence electrons. The molecule has 0 spiro atoms. The van der Waals surface area contributed by atoms with E-state index in [4.69, 9.17) is 49.4 Å². The maximum absolute atomic E-state index is 12.2. The SMILES string of the molecule is CC(=O)O.CC(=O)O.CC(=O)O.CCCCC(CC)COC(=O)CC(C(=O)OCC(CC)CCCC)S(=O)(=O)O.O=C(O)/C=C\C(=O)O.[H-].[Na+]. The van der Waals surface area contributed by atoms with Crippen molar-refractivity contribution < 1.29 is 113 Å². The molecule has 0 saturated carbocycles. The van der Waals surface area contributed by atoms with E-state index < -0.39 is 63.6 Å². The van der Waals surface area contributed by atoms with Crippen LogP contribution in [-0.4, -0.2) is 98.8 Å². The van der Waals surface area contributed by atoms with Crippen molar-refractivity contribution in [3.63, 3.8) is 0 Å². The number of aliphatic carboxylic acids is 5. The zero-order valence-corrected chi connectivity index (χ0v) is 32.6. The number of carboxylic acid groups (broad SMARTS) is 5. The predicted molar refractivity (Wildman–Crippen MR) is 174 cm³/mol. The van der Waals surface area contributed by atoms with Crippen molar-refractivity contribution >= 4 is 51.9 Å². The molecule has 3 unspecified atom stereocenters. The van der Waals surface area contributed by atoms with E-state index in [1.807, 2.05) is 13.8 Å². The molecule has 0 bridgehead atoms. The standard InChI is InChI=1S/C20H38O7S.C4H4O4.3C2H4O2.Na.H/c1-5-9-11-16(7-3)14-26-19(21)13-18(28(23,24)25)20(22)27-15-17(8-4)12-10-6-2;5-3(6)1-2-4(7)8;3*1-2(3)4;;/h16-18H,5-15H2,1-4H3,(H,23,24,25);1-2H,(H,5,6)(H,7,8);3*1H3,(H,3,4);;/q;;;;;+1;-1/b;2-1-;;;;;. The zero-order chi connectivity index (χ0) is 38.9.